The van der Waals surface area contributed by atoms with E-state index in [0.29, 0.717) is 6.04 Å². The molecule has 17 heavy (non-hydrogen) atoms. The molecule has 0 fully saturated rings. The van der Waals surface area contributed by atoms with Crippen LogP contribution < -0.4 is 10.2 Å². The highest BCUT2D eigenvalue weighted by molar-refractivity contribution is 9.10. The van der Waals surface area contributed by atoms with Gasteiger partial charge in [0, 0.05) is 29.3 Å². The number of nitrogens with one attached hydrogen (secondary N) is 1. The Morgan fingerprint density at radius 2 is 2.18 bits per heavy atom. The Labute approximate surface area is 112 Å². The van der Waals surface area contributed by atoms with Crippen LogP contribution in [0.4, 0.5) is 5.69 Å². The van der Waals surface area contributed by atoms with E-state index >= 15 is 0 Å². The monoisotopic (exact) mass is 294 g/mol. The van der Waals surface area contributed by atoms with Crippen LogP contribution >= 0.6 is 15.9 Å². The lowest BCUT2D eigenvalue weighted by Crippen LogP contribution is -2.29. The molecule has 0 aliphatic carbocycles. The van der Waals surface area contributed by atoms with Gasteiger partial charge in [-0.05, 0) is 38.1 Å². The number of anilines is 1. The topological polar surface area (TPSA) is 15.3 Å². The summed E-state index contributed by atoms with van der Waals surface area (Å²) in [5.41, 5.74) is 2.71. The highest BCUT2D eigenvalue weighted by Gasteiger charge is 2.15. The molecular formula is C14H19BrN2. The predicted octanol–water partition coefficient (Wildman–Crippen LogP) is 3.50. The lowest BCUT2D eigenvalue weighted by molar-refractivity contribution is 0.647. The normalized spacial score (nSPS) is 17.2. The van der Waals surface area contributed by atoms with Crippen LogP contribution in [0, 0.1) is 0 Å². The molecular weight excluding hydrogens is 276 g/mol. The largest absolute Gasteiger partial charge is 0.367 e. The molecule has 0 amide bonds. The number of hydrogen-bond acceptors (Lipinski definition) is 2. The van der Waals surface area contributed by atoms with Crippen molar-refractivity contribution < 1.29 is 0 Å². The summed E-state index contributed by atoms with van der Waals surface area (Å²) in [6.07, 6.45) is 5.65. The van der Waals surface area contributed by atoms with Crippen LogP contribution in [0.5, 0.6) is 0 Å². The summed E-state index contributed by atoms with van der Waals surface area (Å²) in [5.74, 6) is 0. The Hall–Kier alpha value is -0.800. The fourth-order valence-electron chi connectivity index (χ4n) is 2.17. The maximum absolute atomic E-state index is 3.57. The molecule has 2 nitrogen and oxygen atoms in total. The van der Waals surface area contributed by atoms with Gasteiger partial charge in [-0.3, -0.25) is 0 Å². The molecule has 0 bridgehead atoms. The third-order valence-corrected chi connectivity index (χ3v) is 3.78. The van der Waals surface area contributed by atoms with Crippen LogP contribution in [0.15, 0.2) is 34.8 Å². The van der Waals surface area contributed by atoms with E-state index in [-0.39, 0.29) is 0 Å². The van der Waals surface area contributed by atoms with Crippen molar-refractivity contribution in [1.82, 2.24) is 5.32 Å². The van der Waals surface area contributed by atoms with E-state index < -0.39 is 0 Å². The smallest absolute Gasteiger partial charge is 0.0428 e. The van der Waals surface area contributed by atoms with Crippen LogP contribution in [0.3, 0.4) is 0 Å². The van der Waals surface area contributed by atoms with Gasteiger partial charge in [0.05, 0.1) is 0 Å². The van der Waals surface area contributed by atoms with Gasteiger partial charge in [-0.2, -0.15) is 0 Å². The summed E-state index contributed by atoms with van der Waals surface area (Å²) in [6.45, 7) is 4.32. The van der Waals surface area contributed by atoms with Crippen molar-refractivity contribution in [3.8, 4) is 0 Å². The average molecular weight is 295 g/mol. The third kappa shape index (κ3) is 2.90. The summed E-state index contributed by atoms with van der Waals surface area (Å²) >= 11 is 3.57. The van der Waals surface area contributed by atoms with Crippen LogP contribution in [0.25, 0.3) is 0 Å². The van der Waals surface area contributed by atoms with Crippen molar-refractivity contribution >= 4 is 21.6 Å². The summed E-state index contributed by atoms with van der Waals surface area (Å²) < 4.78 is 1.15. The minimum Gasteiger partial charge on any atom is -0.367 e. The second kappa shape index (κ2) is 5.69. The van der Waals surface area contributed by atoms with Gasteiger partial charge in [0.15, 0.2) is 0 Å². The average Bonchev–Trinajstić information content (AvgIpc) is 2.39. The second-order valence-corrected chi connectivity index (χ2v) is 5.34. The zero-order valence-electron chi connectivity index (χ0n) is 10.4. The molecule has 1 N–H and O–H groups in total. The van der Waals surface area contributed by atoms with E-state index in [1.54, 1.807) is 0 Å². The Morgan fingerprint density at radius 1 is 1.35 bits per heavy atom. The van der Waals surface area contributed by atoms with Gasteiger partial charge in [0.25, 0.3) is 0 Å². The van der Waals surface area contributed by atoms with Crippen molar-refractivity contribution in [3.05, 3.63) is 40.4 Å². The molecule has 0 aromatic heterocycles. The maximum Gasteiger partial charge on any atom is 0.0428 e. The molecule has 1 aromatic rings. The molecule has 1 atom stereocenters. The molecule has 1 aromatic carbocycles. The van der Waals surface area contributed by atoms with Gasteiger partial charge in [-0.25, -0.2) is 0 Å². The highest BCUT2D eigenvalue weighted by Crippen LogP contribution is 2.30. The molecule has 0 saturated heterocycles. The number of halogens is 1. The molecule has 2 rings (SSSR count). The Balaban J connectivity index is 2.35. The molecule has 0 saturated carbocycles. The Morgan fingerprint density at radius 3 is 2.82 bits per heavy atom. The Kier molecular flexibility index (Phi) is 4.24. The van der Waals surface area contributed by atoms with Gasteiger partial charge in [-0.15, -0.1) is 0 Å². The zero-order chi connectivity index (χ0) is 12.3. The minimum atomic E-state index is 0.379. The summed E-state index contributed by atoms with van der Waals surface area (Å²) in [5, 5.41) is 3.32. The summed E-state index contributed by atoms with van der Waals surface area (Å²) in [7, 11) is 2.01. The standard InChI is InChI=1S/C14H19BrN2/c1-11(16-2)13-7-6-12(15)10-14(13)17-8-4-3-5-9-17/h3-4,6-7,10-11,16H,5,8-9H2,1-2H3. The van der Waals surface area contributed by atoms with Crippen LogP contribution in [0.1, 0.15) is 24.9 Å². The van der Waals surface area contributed by atoms with E-state index in [1.165, 1.54) is 11.3 Å². The van der Waals surface area contributed by atoms with E-state index in [0.717, 1.165) is 24.0 Å². The zero-order valence-corrected chi connectivity index (χ0v) is 12.0. The van der Waals surface area contributed by atoms with Gasteiger partial charge >= 0.3 is 0 Å². The number of benzene rings is 1. The predicted molar refractivity (Wildman–Crippen MR) is 77.6 cm³/mol. The Bertz CT molecular complexity index is 415. The van der Waals surface area contributed by atoms with Crippen LogP contribution in [-0.4, -0.2) is 20.1 Å². The molecule has 1 unspecified atom stereocenters. The first-order valence-corrected chi connectivity index (χ1v) is 6.88. The molecule has 92 valence electrons. The first-order chi connectivity index (χ1) is 8.22. The van der Waals surface area contributed by atoms with Gasteiger partial charge in [-0.1, -0.05) is 34.1 Å². The number of rotatable bonds is 3. The molecule has 3 heteroatoms. The molecule has 1 aliphatic rings. The molecule has 0 radical (unpaired) electrons. The SMILES string of the molecule is CNC(C)c1ccc(Br)cc1N1CC=CCC1. The maximum atomic E-state index is 3.57. The minimum absolute atomic E-state index is 0.379. The van der Waals surface area contributed by atoms with Crippen LogP contribution in [-0.2, 0) is 0 Å². The molecule has 1 aliphatic heterocycles. The summed E-state index contributed by atoms with van der Waals surface area (Å²) in [4.78, 5) is 2.44. The first-order valence-electron chi connectivity index (χ1n) is 6.09. The fourth-order valence-corrected chi connectivity index (χ4v) is 2.52. The van der Waals surface area contributed by atoms with E-state index in [4.69, 9.17) is 0 Å². The number of hydrogen-bond donors (Lipinski definition) is 1. The van der Waals surface area contributed by atoms with Crippen molar-refractivity contribution in [3.63, 3.8) is 0 Å². The van der Waals surface area contributed by atoms with Crippen molar-refractivity contribution in [1.29, 1.82) is 0 Å². The van der Waals surface area contributed by atoms with Gasteiger partial charge in [0.2, 0.25) is 0 Å². The second-order valence-electron chi connectivity index (χ2n) is 4.42. The van der Waals surface area contributed by atoms with Crippen molar-refractivity contribution in [2.24, 2.45) is 0 Å². The highest BCUT2D eigenvalue weighted by atomic mass is 79.9. The quantitative estimate of drug-likeness (QED) is 0.859. The first kappa shape index (κ1) is 12.7. The lowest BCUT2D eigenvalue weighted by atomic mass is 10.0. The van der Waals surface area contributed by atoms with Crippen molar-refractivity contribution in [2.75, 3.05) is 25.0 Å². The van der Waals surface area contributed by atoms with Gasteiger partial charge < -0.3 is 10.2 Å². The van der Waals surface area contributed by atoms with E-state index in [1.807, 2.05) is 7.05 Å². The summed E-state index contributed by atoms with van der Waals surface area (Å²) in [6, 6.07) is 6.93. The molecule has 0 spiro atoms. The van der Waals surface area contributed by atoms with Crippen molar-refractivity contribution in [2.45, 2.75) is 19.4 Å². The third-order valence-electron chi connectivity index (χ3n) is 3.29. The van der Waals surface area contributed by atoms with Gasteiger partial charge in [0.1, 0.15) is 0 Å². The number of nitrogens with zero attached hydrogens (tertiary/aromatic N) is 1. The molecule has 1 heterocycles. The van der Waals surface area contributed by atoms with Crippen LogP contribution in [0.2, 0.25) is 0 Å². The van der Waals surface area contributed by atoms with E-state index in [2.05, 4.69) is 63.4 Å². The fraction of sp³-hybridized carbons (Fsp3) is 0.429. The lowest BCUT2D eigenvalue weighted by Gasteiger charge is -2.29. The van der Waals surface area contributed by atoms with E-state index in [9.17, 15) is 0 Å².